The molecule has 1 heterocycles. The van der Waals surface area contributed by atoms with Gasteiger partial charge in [-0.3, -0.25) is 9.59 Å². The molecule has 1 aliphatic rings. The van der Waals surface area contributed by atoms with Crippen molar-refractivity contribution in [3.63, 3.8) is 0 Å². The van der Waals surface area contributed by atoms with Crippen LogP contribution in [0.3, 0.4) is 0 Å². The highest BCUT2D eigenvalue weighted by Gasteiger charge is 2.34. The second kappa shape index (κ2) is 2.80. The number of carbonyl (C=O) groups excluding carboxylic acids is 1. The fourth-order valence-electron chi connectivity index (χ4n) is 1.84. The molecule has 0 atom stereocenters. The molecule has 1 N–H and O–H groups in total. The van der Waals surface area contributed by atoms with Crippen LogP contribution >= 0.6 is 0 Å². The number of H-pyrrole nitrogens is 1. The standard InChI is InChI=1S/C11H13NO2/c1-11(2)6-5-8-7(10(11)14)3-4-9(13)12-8/h3-4H,5-6H2,1-2H3,(H,12,13). The fraction of sp³-hybridized carbons (Fsp3) is 0.455. The number of ketones is 1. The molecule has 2 rings (SSSR count). The lowest BCUT2D eigenvalue weighted by molar-refractivity contribution is 0.0809. The molecule has 3 nitrogen and oxygen atoms in total. The van der Waals surface area contributed by atoms with Crippen LogP contribution in [0, 0.1) is 5.41 Å². The summed E-state index contributed by atoms with van der Waals surface area (Å²) in [6, 6.07) is 3.05. The minimum Gasteiger partial charge on any atom is -0.325 e. The van der Waals surface area contributed by atoms with E-state index in [2.05, 4.69) is 4.98 Å². The van der Waals surface area contributed by atoms with Gasteiger partial charge in [-0.2, -0.15) is 0 Å². The number of fused-ring (bicyclic) bond motifs is 1. The Hall–Kier alpha value is -1.38. The smallest absolute Gasteiger partial charge is 0.248 e. The number of rotatable bonds is 0. The lowest BCUT2D eigenvalue weighted by atomic mass is 9.75. The van der Waals surface area contributed by atoms with E-state index in [0.717, 1.165) is 18.5 Å². The Morgan fingerprint density at radius 3 is 2.71 bits per heavy atom. The third-order valence-electron chi connectivity index (χ3n) is 2.86. The first-order valence-electron chi connectivity index (χ1n) is 4.78. The normalized spacial score (nSPS) is 19.1. The van der Waals surface area contributed by atoms with Crippen molar-refractivity contribution in [3.05, 3.63) is 33.7 Å². The zero-order valence-electron chi connectivity index (χ0n) is 8.39. The Morgan fingerprint density at radius 1 is 1.29 bits per heavy atom. The largest absolute Gasteiger partial charge is 0.325 e. The average molecular weight is 191 g/mol. The molecule has 1 aromatic rings. The summed E-state index contributed by atoms with van der Waals surface area (Å²) in [5, 5.41) is 0. The third kappa shape index (κ3) is 1.29. The molecule has 0 radical (unpaired) electrons. The second-order valence-electron chi connectivity index (χ2n) is 4.43. The van der Waals surface area contributed by atoms with Crippen LogP contribution in [0.25, 0.3) is 0 Å². The van der Waals surface area contributed by atoms with E-state index in [4.69, 9.17) is 0 Å². The predicted octanol–water partition coefficient (Wildman–Crippen LogP) is 1.53. The molecule has 0 saturated carbocycles. The minimum atomic E-state index is -0.286. The van der Waals surface area contributed by atoms with Gasteiger partial charge in [0.1, 0.15) is 0 Å². The molecule has 0 amide bonds. The Balaban J connectivity index is 2.57. The zero-order chi connectivity index (χ0) is 10.3. The van der Waals surface area contributed by atoms with Crippen LogP contribution in [0.1, 0.15) is 36.3 Å². The molecule has 3 heteroatoms. The maximum atomic E-state index is 11.9. The van der Waals surface area contributed by atoms with Gasteiger partial charge in [0, 0.05) is 22.7 Å². The van der Waals surface area contributed by atoms with E-state index in [-0.39, 0.29) is 16.8 Å². The maximum absolute atomic E-state index is 11.9. The van der Waals surface area contributed by atoms with Gasteiger partial charge in [-0.05, 0) is 18.9 Å². The summed E-state index contributed by atoms with van der Waals surface area (Å²) in [7, 11) is 0. The van der Waals surface area contributed by atoms with Crippen LogP contribution in [0.2, 0.25) is 0 Å². The van der Waals surface area contributed by atoms with Gasteiger partial charge in [0.25, 0.3) is 0 Å². The van der Waals surface area contributed by atoms with E-state index < -0.39 is 0 Å². The van der Waals surface area contributed by atoms with Crippen LogP contribution in [0.15, 0.2) is 16.9 Å². The first kappa shape index (κ1) is 9.19. The Morgan fingerprint density at radius 2 is 2.00 bits per heavy atom. The topological polar surface area (TPSA) is 49.9 Å². The van der Waals surface area contributed by atoms with Crippen LogP contribution in [0.5, 0.6) is 0 Å². The van der Waals surface area contributed by atoms with Gasteiger partial charge in [-0.15, -0.1) is 0 Å². The summed E-state index contributed by atoms with van der Waals surface area (Å²) in [5.41, 5.74) is 1.06. The van der Waals surface area contributed by atoms with Gasteiger partial charge in [0.2, 0.25) is 5.56 Å². The van der Waals surface area contributed by atoms with Crippen LogP contribution in [-0.2, 0) is 6.42 Å². The minimum absolute atomic E-state index is 0.128. The van der Waals surface area contributed by atoms with Gasteiger partial charge in [0.05, 0.1) is 0 Å². The summed E-state index contributed by atoms with van der Waals surface area (Å²) in [5.74, 6) is 0.134. The van der Waals surface area contributed by atoms with Gasteiger partial charge in [-0.25, -0.2) is 0 Å². The summed E-state index contributed by atoms with van der Waals surface area (Å²) < 4.78 is 0. The first-order chi connectivity index (χ1) is 6.50. The fourth-order valence-corrected chi connectivity index (χ4v) is 1.84. The molecule has 14 heavy (non-hydrogen) atoms. The van der Waals surface area contributed by atoms with Crippen molar-refractivity contribution in [2.75, 3.05) is 0 Å². The molecule has 0 unspecified atom stereocenters. The number of pyridine rings is 1. The van der Waals surface area contributed by atoms with Crippen molar-refractivity contribution >= 4 is 5.78 Å². The van der Waals surface area contributed by atoms with Gasteiger partial charge in [-0.1, -0.05) is 13.8 Å². The maximum Gasteiger partial charge on any atom is 0.248 e. The average Bonchev–Trinajstić information content (AvgIpc) is 2.12. The molecule has 0 bridgehead atoms. The molecule has 0 spiro atoms. The lowest BCUT2D eigenvalue weighted by Crippen LogP contribution is -2.32. The molecule has 74 valence electrons. The third-order valence-corrected chi connectivity index (χ3v) is 2.86. The highest BCUT2D eigenvalue weighted by atomic mass is 16.1. The summed E-state index contributed by atoms with van der Waals surface area (Å²) in [4.78, 5) is 25.7. The number of aromatic amines is 1. The summed E-state index contributed by atoms with van der Waals surface area (Å²) in [6.45, 7) is 3.90. The monoisotopic (exact) mass is 191 g/mol. The van der Waals surface area contributed by atoms with E-state index in [1.165, 1.54) is 6.07 Å². The van der Waals surface area contributed by atoms with Crippen molar-refractivity contribution in [3.8, 4) is 0 Å². The molecular formula is C11H13NO2. The molecule has 0 aromatic carbocycles. The highest BCUT2D eigenvalue weighted by molar-refractivity contribution is 6.01. The van der Waals surface area contributed by atoms with Crippen molar-refractivity contribution in [1.29, 1.82) is 0 Å². The summed E-state index contributed by atoms with van der Waals surface area (Å²) >= 11 is 0. The highest BCUT2D eigenvalue weighted by Crippen LogP contribution is 2.32. The molecule has 0 saturated heterocycles. The van der Waals surface area contributed by atoms with E-state index >= 15 is 0 Å². The summed E-state index contributed by atoms with van der Waals surface area (Å²) in [6.07, 6.45) is 1.59. The van der Waals surface area contributed by atoms with Crippen LogP contribution in [0.4, 0.5) is 0 Å². The van der Waals surface area contributed by atoms with E-state index in [9.17, 15) is 9.59 Å². The van der Waals surface area contributed by atoms with E-state index in [1.807, 2.05) is 13.8 Å². The Bertz CT molecular complexity index is 443. The number of aromatic nitrogens is 1. The predicted molar refractivity (Wildman–Crippen MR) is 53.5 cm³/mol. The SMILES string of the molecule is CC1(C)CCc2[nH]c(=O)ccc2C1=O. The number of hydrogen-bond acceptors (Lipinski definition) is 2. The number of Topliss-reactive ketones (excluding diaryl/α,β-unsaturated/α-hetero) is 1. The Labute approximate surface area is 82.2 Å². The van der Waals surface area contributed by atoms with Crippen molar-refractivity contribution in [2.24, 2.45) is 5.41 Å². The van der Waals surface area contributed by atoms with E-state index in [0.29, 0.717) is 5.56 Å². The number of aryl methyl sites for hydroxylation is 1. The number of carbonyl (C=O) groups is 1. The molecule has 1 aliphatic carbocycles. The van der Waals surface area contributed by atoms with Crippen molar-refractivity contribution in [1.82, 2.24) is 4.98 Å². The molecule has 1 aromatic heterocycles. The van der Waals surface area contributed by atoms with Gasteiger partial charge >= 0.3 is 0 Å². The lowest BCUT2D eigenvalue weighted by Gasteiger charge is -2.28. The van der Waals surface area contributed by atoms with E-state index in [1.54, 1.807) is 6.07 Å². The van der Waals surface area contributed by atoms with Gasteiger partial charge < -0.3 is 4.98 Å². The molecule has 0 fully saturated rings. The molecular weight excluding hydrogens is 178 g/mol. The Kier molecular flexibility index (Phi) is 1.84. The van der Waals surface area contributed by atoms with Crippen LogP contribution in [-0.4, -0.2) is 10.8 Å². The van der Waals surface area contributed by atoms with Crippen molar-refractivity contribution < 1.29 is 4.79 Å². The second-order valence-corrected chi connectivity index (χ2v) is 4.43. The van der Waals surface area contributed by atoms with Gasteiger partial charge in [0.15, 0.2) is 5.78 Å². The number of hydrogen-bond donors (Lipinski definition) is 1. The molecule has 0 aliphatic heterocycles. The zero-order valence-corrected chi connectivity index (χ0v) is 8.39. The number of nitrogens with one attached hydrogen (secondary N) is 1. The quantitative estimate of drug-likeness (QED) is 0.676. The first-order valence-corrected chi connectivity index (χ1v) is 4.78. The van der Waals surface area contributed by atoms with Crippen molar-refractivity contribution in [2.45, 2.75) is 26.7 Å². The van der Waals surface area contributed by atoms with Crippen LogP contribution < -0.4 is 5.56 Å².